The van der Waals surface area contributed by atoms with E-state index in [4.69, 9.17) is 5.41 Å². The fourth-order valence-corrected chi connectivity index (χ4v) is 3.55. The first-order valence-electron chi connectivity index (χ1n) is 9.03. The molecule has 1 saturated heterocycles. The summed E-state index contributed by atoms with van der Waals surface area (Å²) in [6.07, 6.45) is -6.39. The Balaban J connectivity index is 1.76. The van der Waals surface area contributed by atoms with Gasteiger partial charge in [-0.3, -0.25) is 10.7 Å². The highest BCUT2D eigenvalue weighted by Gasteiger charge is 2.49. The summed E-state index contributed by atoms with van der Waals surface area (Å²) in [6, 6.07) is 8.47. The number of anilines is 2. The number of pyridine rings is 1. The quantitative estimate of drug-likeness (QED) is 0.584. The fraction of sp³-hybridized carbons (Fsp3) is 0.316. The summed E-state index contributed by atoms with van der Waals surface area (Å²) in [5, 5.41) is 17.4. The van der Waals surface area contributed by atoms with Gasteiger partial charge in [0.2, 0.25) is 6.10 Å². The Labute approximate surface area is 164 Å². The zero-order valence-electron chi connectivity index (χ0n) is 15.1. The molecule has 1 fully saturated rings. The predicted molar refractivity (Wildman–Crippen MR) is 100 cm³/mol. The third-order valence-electron chi connectivity index (χ3n) is 4.88. The van der Waals surface area contributed by atoms with E-state index in [1.807, 2.05) is 0 Å². The van der Waals surface area contributed by atoms with E-state index in [-0.39, 0.29) is 28.7 Å². The van der Waals surface area contributed by atoms with Crippen LogP contribution >= 0.6 is 0 Å². The molecule has 2 aliphatic heterocycles. The van der Waals surface area contributed by atoms with E-state index in [1.54, 1.807) is 24.3 Å². The number of carbonyl (C=O) groups is 1. The summed E-state index contributed by atoms with van der Waals surface area (Å²) in [5.74, 6) is -0.253. The average molecular weight is 405 g/mol. The van der Waals surface area contributed by atoms with Gasteiger partial charge in [-0.15, -0.1) is 0 Å². The molecule has 152 valence electrons. The van der Waals surface area contributed by atoms with Gasteiger partial charge in [-0.05, 0) is 25.1 Å². The fourth-order valence-electron chi connectivity index (χ4n) is 3.55. The summed E-state index contributed by atoms with van der Waals surface area (Å²) >= 11 is 0. The van der Waals surface area contributed by atoms with Crippen LogP contribution < -0.4 is 16.0 Å². The van der Waals surface area contributed by atoms with E-state index in [2.05, 4.69) is 25.7 Å². The number of alkyl halides is 3. The molecule has 3 heterocycles. The number of halogens is 3. The van der Waals surface area contributed by atoms with Gasteiger partial charge in [0.25, 0.3) is 0 Å². The number of amides is 1. The molecule has 4 N–H and O–H groups in total. The smallest absolute Gasteiger partial charge is 0.430 e. The Morgan fingerprint density at radius 3 is 2.76 bits per heavy atom. The molecule has 2 unspecified atom stereocenters. The summed E-state index contributed by atoms with van der Waals surface area (Å²) in [5.41, 5.74) is 0.608. The van der Waals surface area contributed by atoms with Crippen molar-refractivity contribution >= 4 is 23.3 Å². The van der Waals surface area contributed by atoms with Crippen LogP contribution in [0.5, 0.6) is 0 Å². The minimum Gasteiger partial charge on any atom is -0.431 e. The van der Waals surface area contributed by atoms with Crippen LogP contribution in [0.4, 0.5) is 29.5 Å². The number of carbonyl (C=O) groups excluding carboxylic acids is 1. The molecule has 0 bridgehead atoms. The van der Waals surface area contributed by atoms with Gasteiger partial charge >= 0.3 is 12.3 Å². The molecule has 7 nitrogen and oxygen atoms in total. The van der Waals surface area contributed by atoms with Crippen molar-refractivity contribution in [1.29, 1.82) is 5.41 Å². The lowest BCUT2D eigenvalue weighted by atomic mass is 9.93. The van der Waals surface area contributed by atoms with Gasteiger partial charge in [-0.25, -0.2) is 9.78 Å². The predicted octanol–water partition coefficient (Wildman–Crippen LogP) is 3.44. The van der Waals surface area contributed by atoms with Crippen LogP contribution in [0, 0.1) is 5.41 Å². The minimum atomic E-state index is -4.84. The van der Waals surface area contributed by atoms with Crippen molar-refractivity contribution in [2.45, 2.75) is 24.7 Å². The molecule has 1 aromatic carbocycles. The van der Waals surface area contributed by atoms with Gasteiger partial charge in [-0.1, -0.05) is 18.2 Å². The number of nitrogens with zero attached hydrogens (tertiary/aromatic N) is 1. The highest BCUT2D eigenvalue weighted by molar-refractivity contribution is 6.15. The number of benzene rings is 1. The molecule has 1 aromatic heterocycles. The molecule has 1 amide bonds. The lowest BCUT2D eigenvalue weighted by molar-refractivity contribution is -0.206. The number of para-hydroxylation sites is 1. The second kappa shape index (κ2) is 7.36. The molecule has 0 radical (unpaired) electrons. The van der Waals surface area contributed by atoms with E-state index in [0.29, 0.717) is 11.3 Å². The van der Waals surface area contributed by atoms with Crippen LogP contribution in [-0.2, 0) is 4.74 Å². The van der Waals surface area contributed by atoms with Crippen LogP contribution in [0.2, 0.25) is 0 Å². The summed E-state index contributed by atoms with van der Waals surface area (Å²) < 4.78 is 45.2. The highest BCUT2D eigenvalue weighted by Crippen LogP contribution is 2.43. The summed E-state index contributed by atoms with van der Waals surface area (Å²) in [6.45, 7) is 1.64. The Hall–Kier alpha value is -3.14. The molecule has 0 saturated carbocycles. The molecule has 0 spiro atoms. The Morgan fingerprint density at radius 1 is 1.24 bits per heavy atom. The third kappa shape index (κ3) is 3.75. The largest absolute Gasteiger partial charge is 0.431 e. The second-order valence-electron chi connectivity index (χ2n) is 6.83. The number of rotatable bonds is 4. The zero-order chi connectivity index (χ0) is 20.6. The first-order valence-corrected chi connectivity index (χ1v) is 9.03. The van der Waals surface area contributed by atoms with Crippen LogP contribution in [0.15, 0.2) is 36.5 Å². The Morgan fingerprint density at radius 2 is 2.03 bits per heavy atom. The zero-order valence-corrected chi connectivity index (χ0v) is 15.1. The molecular weight excluding hydrogens is 387 g/mol. The average Bonchev–Trinajstić information content (AvgIpc) is 3.19. The van der Waals surface area contributed by atoms with Crippen molar-refractivity contribution < 1.29 is 22.7 Å². The monoisotopic (exact) mass is 405 g/mol. The summed E-state index contributed by atoms with van der Waals surface area (Å²) in [7, 11) is 0. The number of hydrogen-bond donors (Lipinski definition) is 4. The van der Waals surface area contributed by atoms with E-state index in [0.717, 1.165) is 19.5 Å². The van der Waals surface area contributed by atoms with Crippen molar-refractivity contribution in [1.82, 2.24) is 10.3 Å². The van der Waals surface area contributed by atoms with Gasteiger partial charge in [0.05, 0.1) is 11.3 Å². The Bertz CT molecular complexity index is 957. The van der Waals surface area contributed by atoms with Gasteiger partial charge in [0, 0.05) is 35.6 Å². The van der Waals surface area contributed by atoms with E-state index < -0.39 is 18.4 Å². The standard InChI is InChI=1S/C19H18F3N5O2/c20-19(21,22)16-14-12(6-8-25-17(14)27-18(28)29-16)15(23)11-3-1-2-4-13(11)26-10-5-7-24-9-10/h1-4,6,8,10,16,23-24,26H,5,7,9H2,(H,25,27,28). The van der Waals surface area contributed by atoms with Gasteiger partial charge < -0.3 is 15.4 Å². The second-order valence-corrected chi connectivity index (χ2v) is 6.83. The van der Waals surface area contributed by atoms with Crippen LogP contribution in [0.25, 0.3) is 0 Å². The maximum absolute atomic E-state index is 13.6. The third-order valence-corrected chi connectivity index (χ3v) is 4.88. The number of ether oxygens (including phenoxy) is 1. The number of cyclic esters (lactones) is 1. The molecule has 4 rings (SSSR count). The lowest BCUT2D eigenvalue weighted by Gasteiger charge is -2.29. The first kappa shape index (κ1) is 19.2. The van der Waals surface area contributed by atoms with Gasteiger partial charge in [0.1, 0.15) is 5.82 Å². The van der Waals surface area contributed by atoms with Crippen molar-refractivity contribution in [2.75, 3.05) is 23.7 Å². The molecule has 0 aliphatic carbocycles. The molecule has 2 aliphatic rings. The lowest BCUT2D eigenvalue weighted by Crippen LogP contribution is -2.35. The molecule has 10 heteroatoms. The van der Waals surface area contributed by atoms with E-state index in [1.165, 1.54) is 12.3 Å². The number of hydrogen-bond acceptors (Lipinski definition) is 6. The SMILES string of the molecule is N=C(c1ccccc1NC1CCNC1)c1ccnc2c1C(C(F)(F)F)OC(=O)N2. The van der Waals surface area contributed by atoms with Crippen molar-refractivity contribution in [3.63, 3.8) is 0 Å². The van der Waals surface area contributed by atoms with Crippen molar-refractivity contribution in [2.24, 2.45) is 0 Å². The molecular formula is C19H18F3N5O2. The van der Waals surface area contributed by atoms with Crippen molar-refractivity contribution in [3.8, 4) is 0 Å². The van der Waals surface area contributed by atoms with Crippen molar-refractivity contribution in [3.05, 3.63) is 53.2 Å². The molecule has 2 aromatic rings. The summed E-state index contributed by atoms with van der Waals surface area (Å²) in [4.78, 5) is 15.4. The molecule has 29 heavy (non-hydrogen) atoms. The maximum Gasteiger partial charge on any atom is 0.430 e. The van der Waals surface area contributed by atoms with Crippen LogP contribution in [0.1, 0.15) is 29.2 Å². The Kier molecular flexibility index (Phi) is 4.87. The van der Waals surface area contributed by atoms with E-state index in [9.17, 15) is 18.0 Å². The van der Waals surface area contributed by atoms with Crippen LogP contribution in [-0.4, -0.2) is 42.1 Å². The van der Waals surface area contributed by atoms with Crippen LogP contribution in [0.3, 0.4) is 0 Å². The topological polar surface area (TPSA) is 99.1 Å². The first-order chi connectivity index (χ1) is 13.8. The maximum atomic E-state index is 13.6. The normalized spacial score (nSPS) is 21.1. The number of aromatic nitrogens is 1. The van der Waals surface area contributed by atoms with Gasteiger partial charge in [0.15, 0.2) is 0 Å². The highest BCUT2D eigenvalue weighted by atomic mass is 19.4. The number of fused-ring (bicyclic) bond motifs is 1. The minimum absolute atomic E-state index is 0.00359. The molecule has 2 atom stereocenters. The number of nitrogens with one attached hydrogen (secondary N) is 4. The van der Waals surface area contributed by atoms with Gasteiger partial charge in [-0.2, -0.15) is 13.2 Å². The van der Waals surface area contributed by atoms with E-state index >= 15 is 0 Å².